The van der Waals surface area contributed by atoms with E-state index < -0.39 is 0 Å². The number of rotatable bonds is 7. The van der Waals surface area contributed by atoms with E-state index in [0.29, 0.717) is 35.3 Å². The normalized spacial score (nSPS) is 10.1. The van der Waals surface area contributed by atoms with Crippen LogP contribution in [-0.2, 0) is 11.3 Å². The molecule has 0 aromatic heterocycles. The summed E-state index contributed by atoms with van der Waals surface area (Å²) in [4.78, 5) is 11.8. The first kappa shape index (κ1) is 20.5. The SMILES string of the molecule is CCOc1cc(CNC(=S)Nc2cccc(C(=O)OC)c2C)ccc1OC. The first-order valence-electron chi connectivity index (χ1n) is 8.52. The van der Waals surface area contributed by atoms with E-state index in [1.807, 2.05) is 38.1 Å². The van der Waals surface area contributed by atoms with Crippen LogP contribution < -0.4 is 20.1 Å². The Hall–Kier alpha value is -2.80. The van der Waals surface area contributed by atoms with Crippen molar-refractivity contribution < 1.29 is 19.0 Å². The van der Waals surface area contributed by atoms with Gasteiger partial charge in [0.25, 0.3) is 0 Å². The second-order valence-corrected chi connectivity index (χ2v) is 6.10. The molecule has 0 unspecified atom stereocenters. The van der Waals surface area contributed by atoms with Crippen LogP contribution in [0.15, 0.2) is 36.4 Å². The van der Waals surface area contributed by atoms with Crippen molar-refractivity contribution in [1.82, 2.24) is 5.32 Å². The molecule has 0 aliphatic carbocycles. The Bertz CT molecular complexity index is 824. The van der Waals surface area contributed by atoms with E-state index in [-0.39, 0.29) is 5.97 Å². The molecule has 0 amide bonds. The fourth-order valence-electron chi connectivity index (χ4n) is 2.55. The number of ether oxygens (including phenoxy) is 3. The average molecular weight is 388 g/mol. The summed E-state index contributed by atoms with van der Waals surface area (Å²) >= 11 is 5.37. The predicted octanol–water partition coefficient (Wildman–Crippen LogP) is 3.68. The minimum Gasteiger partial charge on any atom is -0.493 e. The standard InChI is InChI=1S/C20H24N2O4S/c1-5-26-18-11-14(9-10-17(18)24-3)12-21-20(27)22-16-8-6-7-15(13(16)2)19(23)25-4/h6-11H,5,12H2,1-4H3,(H2,21,22,27). The molecule has 0 bridgehead atoms. The molecule has 2 aromatic rings. The third-order valence-corrected chi connectivity index (χ3v) is 4.21. The predicted molar refractivity (Wildman–Crippen MR) is 110 cm³/mol. The molecule has 0 heterocycles. The molecular formula is C20H24N2O4S. The molecule has 2 rings (SSSR count). The minimum atomic E-state index is -0.378. The van der Waals surface area contributed by atoms with Gasteiger partial charge in [0.2, 0.25) is 0 Å². The number of hydrogen-bond donors (Lipinski definition) is 2. The Balaban J connectivity index is 2.03. The smallest absolute Gasteiger partial charge is 0.338 e. The van der Waals surface area contributed by atoms with Gasteiger partial charge in [-0.25, -0.2) is 4.79 Å². The van der Waals surface area contributed by atoms with Gasteiger partial charge in [0.15, 0.2) is 16.6 Å². The molecule has 0 saturated carbocycles. The zero-order valence-corrected chi connectivity index (χ0v) is 16.7. The third kappa shape index (κ3) is 5.34. The van der Waals surface area contributed by atoms with Crippen molar-refractivity contribution in [3.05, 3.63) is 53.1 Å². The Kier molecular flexibility index (Phi) is 7.43. The molecule has 0 radical (unpaired) electrons. The molecule has 144 valence electrons. The van der Waals surface area contributed by atoms with Crippen LogP contribution in [0, 0.1) is 6.92 Å². The number of thiocarbonyl (C=S) groups is 1. The summed E-state index contributed by atoms with van der Waals surface area (Å²) in [5.41, 5.74) is 3.03. The van der Waals surface area contributed by atoms with Crippen LogP contribution in [0.2, 0.25) is 0 Å². The van der Waals surface area contributed by atoms with Gasteiger partial charge in [0.05, 0.1) is 26.4 Å². The Morgan fingerprint density at radius 1 is 1.15 bits per heavy atom. The van der Waals surface area contributed by atoms with E-state index >= 15 is 0 Å². The molecule has 2 aromatic carbocycles. The van der Waals surface area contributed by atoms with Gasteiger partial charge < -0.3 is 24.8 Å². The van der Waals surface area contributed by atoms with Crippen LogP contribution in [-0.4, -0.2) is 31.9 Å². The highest BCUT2D eigenvalue weighted by atomic mass is 32.1. The van der Waals surface area contributed by atoms with Gasteiger partial charge >= 0.3 is 5.97 Å². The van der Waals surface area contributed by atoms with E-state index in [1.165, 1.54) is 7.11 Å². The summed E-state index contributed by atoms with van der Waals surface area (Å²) in [5.74, 6) is 1.01. The first-order valence-corrected chi connectivity index (χ1v) is 8.93. The number of hydrogen-bond acceptors (Lipinski definition) is 5. The van der Waals surface area contributed by atoms with Gasteiger partial charge in [-0.3, -0.25) is 0 Å². The summed E-state index contributed by atoms with van der Waals surface area (Å²) < 4.78 is 15.7. The minimum absolute atomic E-state index is 0.378. The zero-order valence-electron chi connectivity index (χ0n) is 15.9. The third-order valence-electron chi connectivity index (χ3n) is 3.97. The van der Waals surface area contributed by atoms with Crippen molar-refractivity contribution >= 4 is 29.0 Å². The number of esters is 1. The van der Waals surface area contributed by atoms with E-state index in [0.717, 1.165) is 16.8 Å². The molecule has 0 saturated heterocycles. The van der Waals surface area contributed by atoms with Gasteiger partial charge in [0.1, 0.15) is 0 Å². The Morgan fingerprint density at radius 2 is 1.93 bits per heavy atom. The highest BCUT2D eigenvalue weighted by molar-refractivity contribution is 7.80. The van der Waals surface area contributed by atoms with Gasteiger partial charge in [-0.2, -0.15) is 0 Å². The van der Waals surface area contributed by atoms with Crippen molar-refractivity contribution in [3.63, 3.8) is 0 Å². The molecule has 27 heavy (non-hydrogen) atoms. The summed E-state index contributed by atoms with van der Waals surface area (Å²) in [7, 11) is 2.97. The van der Waals surface area contributed by atoms with Crippen LogP contribution in [0.1, 0.15) is 28.4 Å². The van der Waals surface area contributed by atoms with Crippen LogP contribution in [0.4, 0.5) is 5.69 Å². The first-order chi connectivity index (χ1) is 13.0. The van der Waals surface area contributed by atoms with Gasteiger partial charge in [-0.1, -0.05) is 12.1 Å². The number of benzene rings is 2. The van der Waals surface area contributed by atoms with Crippen LogP contribution >= 0.6 is 12.2 Å². The summed E-state index contributed by atoms with van der Waals surface area (Å²) in [5, 5.41) is 6.72. The van der Waals surface area contributed by atoms with Crippen LogP contribution in [0.25, 0.3) is 0 Å². The molecule has 0 fully saturated rings. The van der Waals surface area contributed by atoms with E-state index in [9.17, 15) is 4.79 Å². The maximum absolute atomic E-state index is 11.8. The topological polar surface area (TPSA) is 68.8 Å². The average Bonchev–Trinajstić information content (AvgIpc) is 2.68. The van der Waals surface area contributed by atoms with Crippen molar-refractivity contribution in [2.45, 2.75) is 20.4 Å². The molecule has 0 spiro atoms. The highest BCUT2D eigenvalue weighted by Gasteiger charge is 2.12. The van der Waals surface area contributed by atoms with Crippen molar-refractivity contribution in [2.24, 2.45) is 0 Å². The second kappa shape index (κ2) is 9.78. The van der Waals surface area contributed by atoms with Crippen molar-refractivity contribution in [2.75, 3.05) is 26.1 Å². The summed E-state index contributed by atoms with van der Waals surface area (Å²) in [6.07, 6.45) is 0. The lowest BCUT2D eigenvalue weighted by molar-refractivity contribution is 0.0600. The molecular weight excluding hydrogens is 364 g/mol. The van der Waals surface area contributed by atoms with E-state index in [1.54, 1.807) is 19.2 Å². The molecule has 0 atom stereocenters. The number of anilines is 1. The maximum atomic E-state index is 11.8. The van der Waals surface area contributed by atoms with E-state index in [2.05, 4.69) is 10.6 Å². The molecule has 6 nitrogen and oxygen atoms in total. The maximum Gasteiger partial charge on any atom is 0.338 e. The quantitative estimate of drug-likeness (QED) is 0.554. The van der Waals surface area contributed by atoms with Crippen molar-refractivity contribution in [1.29, 1.82) is 0 Å². The number of nitrogens with one attached hydrogen (secondary N) is 2. The van der Waals surface area contributed by atoms with Gasteiger partial charge in [0, 0.05) is 12.2 Å². The lowest BCUT2D eigenvalue weighted by Crippen LogP contribution is -2.28. The molecule has 0 aliphatic heterocycles. The van der Waals surface area contributed by atoms with Crippen LogP contribution in [0.3, 0.4) is 0 Å². The zero-order chi connectivity index (χ0) is 19.8. The number of carbonyl (C=O) groups is 1. The monoisotopic (exact) mass is 388 g/mol. The lowest BCUT2D eigenvalue weighted by Gasteiger charge is -2.15. The largest absolute Gasteiger partial charge is 0.493 e. The molecule has 0 aliphatic rings. The Morgan fingerprint density at radius 3 is 2.59 bits per heavy atom. The molecule has 7 heteroatoms. The summed E-state index contributed by atoms with van der Waals surface area (Å²) in [6.45, 7) is 4.85. The summed E-state index contributed by atoms with van der Waals surface area (Å²) in [6, 6.07) is 11.1. The molecule has 2 N–H and O–H groups in total. The van der Waals surface area contributed by atoms with Gasteiger partial charge in [-0.15, -0.1) is 0 Å². The Labute approximate surface area is 164 Å². The van der Waals surface area contributed by atoms with Crippen LogP contribution in [0.5, 0.6) is 11.5 Å². The highest BCUT2D eigenvalue weighted by Crippen LogP contribution is 2.28. The number of methoxy groups -OCH3 is 2. The fraction of sp³-hybridized carbons (Fsp3) is 0.300. The number of carbonyl (C=O) groups excluding carboxylic acids is 1. The van der Waals surface area contributed by atoms with E-state index in [4.69, 9.17) is 26.4 Å². The second-order valence-electron chi connectivity index (χ2n) is 5.70. The van der Waals surface area contributed by atoms with Crippen molar-refractivity contribution in [3.8, 4) is 11.5 Å². The van der Waals surface area contributed by atoms with Gasteiger partial charge in [-0.05, 0) is 61.5 Å². The fourth-order valence-corrected chi connectivity index (χ4v) is 2.73. The lowest BCUT2D eigenvalue weighted by atomic mass is 10.1.